The molecule has 0 aliphatic heterocycles. The predicted molar refractivity (Wildman–Crippen MR) is 108 cm³/mol. The van der Waals surface area contributed by atoms with Crippen LogP contribution in [0.4, 0.5) is 11.5 Å². The Kier molecular flexibility index (Phi) is 4.91. The van der Waals surface area contributed by atoms with E-state index in [4.69, 9.17) is 5.73 Å². The first-order valence-electron chi connectivity index (χ1n) is 8.56. The number of amides is 1. The molecule has 1 aromatic heterocycles. The lowest BCUT2D eigenvalue weighted by Crippen LogP contribution is -2.06. The van der Waals surface area contributed by atoms with E-state index in [-0.39, 0.29) is 11.7 Å². The number of nitriles is 1. The highest BCUT2D eigenvalue weighted by Gasteiger charge is 2.18. The quantitative estimate of drug-likeness (QED) is 0.725. The van der Waals surface area contributed by atoms with Gasteiger partial charge in [0.2, 0.25) is 5.91 Å². The van der Waals surface area contributed by atoms with Crippen molar-refractivity contribution in [2.45, 2.75) is 20.8 Å². The minimum absolute atomic E-state index is 0.133. The molecule has 0 unspecified atom stereocenters. The van der Waals surface area contributed by atoms with Crippen LogP contribution in [0, 0.1) is 25.2 Å². The first-order valence-corrected chi connectivity index (χ1v) is 8.56. The summed E-state index contributed by atoms with van der Waals surface area (Å²) in [5.74, 6) is 0.0751. The molecule has 0 aliphatic rings. The smallest absolute Gasteiger partial charge is 0.221 e. The number of anilines is 2. The fourth-order valence-corrected chi connectivity index (χ4v) is 3.08. The summed E-state index contributed by atoms with van der Waals surface area (Å²) in [5, 5.41) is 12.4. The molecule has 3 N–H and O–H groups in total. The van der Waals surface area contributed by atoms with Gasteiger partial charge in [-0.25, -0.2) is 4.98 Å². The number of hydrogen-bond donors (Lipinski definition) is 2. The molecule has 3 rings (SSSR count). The Balaban J connectivity index is 2.18. The van der Waals surface area contributed by atoms with Crippen molar-refractivity contribution in [3.05, 3.63) is 65.2 Å². The van der Waals surface area contributed by atoms with Crippen LogP contribution in [0.1, 0.15) is 23.6 Å². The maximum Gasteiger partial charge on any atom is 0.221 e. The summed E-state index contributed by atoms with van der Waals surface area (Å²) in [7, 11) is 0. The maximum absolute atomic E-state index is 11.2. The molecule has 0 spiro atoms. The molecule has 5 heteroatoms. The van der Waals surface area contributed by atoms with E-state index in [1.165, 1.54) is 6.92 Å². The summed E-state index contributed by atoms with van der Waals surface area (Å²) >= 11 is 0. The number of nitrogens with two attached hydrogens (primary N) is 1. The van der Waals surface area contributed by atoms with Crippen LogP contribution >= 0.6 is 0 Å². The normalized spacial score (nSPS) is 10.3. The molecule has 0 aliphatic carbocycles. The number of benzene rings is 2. The van der Waals surface area contributed by atoms with Gasteiger partial charge in [-0.3, -0.25) is 4.79 Å². The van der Waals surface area contributed by atoms with Crippen LogP contribution in [0.5, 0.6) is 0 Å². The third-order valence-electron chi connectivity index (χ3n) is 4.40. The Bertz CT molecular complexity index is 1050. The van der Waals surface area contributed by atoms with Crippen molar-refractivity contribution < 1.29 is 4.79 Å². The number of carbonyl (C=O) groups is 1. The molecule has 1 amide bonds. The minimum Gasteiger partial charge on any atom is -0.383 e. The van der Waals surface area contributed by atoms with Gasteiger partial charge >= 0.3 is 0 Å². The molecule has 0 fully saturated rings. The highest BCUT2D eigenvalue weighted by molar-refractivity contribution is 5.90. The van der Waals surface area contributed by atoms with Crippen LogP contribution in [-0.4, -0.2) is 10.9 Å². The molecule has 0 radical (unpaired) electrons. The number of hydrogen-bond acceptors (Lipinski definition) is 4. The Hall–Kier alpha value is -3.65. The standard InChI is InChI=1S/C22H20N4O/c1-13-4-6-17(7-5-13)21-14(2)20(19(12-23)22(24)26-21)16-8-10-18(11-9-16)25-15(3)27/h4-11H,1-3H3,(H2,24,26)(H,25,27). The first-order chi connectivity index (χ1) is 12.9. The number of nitrogen functional groups attached to an aromatic ring is 1. The van der Waals surface area contributed by atoms with Gasteiger partial charge in [-0.15, -0.1) is 0 Å². The monoisotopic (exact) mass is 356 g/mol. The van der Waals surface area contributed by atoms with E-state index in [0.29, 0.717) is 11.3 Å². The first kappa shape index (κ1) is 18.2. The SMILES string of the molecule is CC(=O)Nc1ccc(-c2c(C)c(-c3ccc(C)cc3)nc(N)c2C#N)cc1. The molecule has 27 heavy (non-hydrogen) atoms. The summed E-state index contributed by atoms with van der Waals surface area (Å²) < 4.78 is 0. The van der Waals surface area contributed by atoms with Crippen molar-refractivity contribution in [2.24, 2.45) is 0 Å². The third-order valence-corrected chi connectivity index (χ3v) is 4.40. The second-order valence-corrected chi connectivity index (χ2v) is 6.46. The number of nitrogens with zero attached hydrogens (tertiary/aromatic N) is 2. The van der Waals surface area contributed by atoms with Gasteiger partial charge in [0.1, 0.15) is 17.5 Å². The average Bonchev–Trinajstić information content (AvgIpc) is 2.64. The van der Waals surface area contributed by atoms with Crippen LogP contribution in [0.15, 0.2) is 48.5 Å². The molecule has 5 nitrogen and oxygen atoms in total. The molecule has 1 heterocycles. The van der Waals surface area contributed by atoms with E-state index in [2.05, 4.69) is 16.4 Å². The Morgan fingerprint density at radius 3 is 2.19 bits per heavy atom. The van der Waals surface area contributed by atoms with Gasteiger partial charge in [0, 0.05) is 23.7 Å². The number of aromatic nitrogens is 1. The van der Waals surface area contributed by atoms with E-state index in [0.717, 1.165) is 33.5 Å². The molecule has 134 valence electrons. The van der Waals surface area contributed by atoms with Gasteiger partial charge in [0.15, 0.2) is 0 Å². The van der Waals surface area contributed by atoms with Gasteiger partial charge < -0.3 is 11.1 Å². The average molecular weight is 356 g/mol. The fourth-order valence-electron chi connectivity index (χ4n) is 3.08. The topological polar surface area (TPSA) is 91.8 Å². The van der Waals surface area contributed by atoms with Gasteiger partial charge in [-0.2, -0.15) is 5.26 Å². The Morgan fingerprint density at radius 2 is 1.63 bits per heavy atom. The zero-order valence-corrected chi connectivity index (χ0v) is 15.5. The molecular formula is C22H20N4O. The molecule has 3 aromatic rings. The van der Waals surface area contributed by atoms with Gasteiger partial charge in [0.05, 0.1) is 5.69 Å². The second kappa shape index (κ2) is 7.30. The summed E-state index contributed by atoms with van der Waals surface area (Å²) in [6.07, 6.45) is 0. The van der Waals surface area contributed by atoms with Crippen LogP contribution < -0.4 is 11.1 Å². The Morgan fingerprint density at radius 1 is 1.04 bits per heavy atom. The number of carbonyl (C=O) groups excluding carboxylic acids is 1. The van der Waals surface area contributed by atoms with Crippen molar-refractivity contribution in [2.75, 3.05) is 11.1 Å². The van der Waals surface area contributed by atoms with Crippen molar-refractivity contribution in [3.8, 4) is 28.5 Å². The van der Waals surface area contributed by atoms with Crippen molar-refractivity contribution >= 4 is 17.4 Å². The number of pyridine rings is 1. The summed E-state index contributed by atoms with van der Waals surface area (Å²) in [4.78, 5) is 15.7. The zero-order chi connectivity index (χ0) is 19.6. The largest absolute Gasteiger partial charge is 0.383 e. The van der Waals surface area contributed by atoms with Crippen molar-refractivity contribution in [1.82, 2.24) is 4.98 Å². The third kappa shape index (κ3) is 3.65. The van der Waals surface area contributed by atoms with E-state index in [1.54, 1.807) is 12.1 Å². The molecular weight excluding hydrogens is 336 g/mol. The molecule has 0 bridgehead atoms. The number of nitrogens with one attached hydrogen (secondary N) is 1. The fraction of sp³-hybridized carbons (Fsp3) is 0.136. The lowest BCUT2D eigenvalue weighted by atomic mass is 9.92. The van der Waals surface area contributed by atoms with E-state index in [9.17, 15) is 10.1 Å². The summed E-state index contributed by atoms with van der Waals surface area (Å²) in [6, 6.07) is 17.6. The molecule has 2 aromatic carbocycles. The second-order valence-electron chi connectivity index (χ2n) is 6.46. The van der Waals surface area contributed by atoms with Crippen LogP contribution in [0.2, 0.25) is 0 Å². The lowest BCUT2D eigenvalue weighted by Gasteiger charge is -2.15. The van der Waals surface area contributed by atoms with Crippen LogP contribution in [-0.2, 0) is 4.79 Å². The van der Waals surface area contributed by atoms with Crippen molar-refractivity contribution in [1.29, 1.82) is 5.26 Å². The van der Waals surface area contributed by atoms with E-state index in [1.807, 2.05) is 50.2 Å². The predicted octanol–water partition coefficient (Wildman–Crippen LogP) is 4.44. The van der Waals surface area contributed by atoms with Gasteiger partial charge in [-0.1, -0.05) is 42.0 Å². The van der Waals surface area contributed by atoms with E-state index < -0.39 is 0 Å². The van der Waals surface area contributed by atoms with E-state index >= 15 is 0 Å². The van der Waals surface area contributed by atoms with Crippen LogP contribution in [0.3, 0.4) is 0 Å². The molecule has 0 atom stereocenters. The van der Waals surface area contributed by atoms with Gasteiger partial charge in [-0.05, 0) is 37.1 Å². The number of rotatable bonds is 3. The summed E-state index contributed by atoms with van der Waals surface area (Å²) in [6.45, 7) is 5.43. The van der Waals surface area contributed by atoms with Gasteiger partial charge in [0.25, 0.3) is 0 Å². The molecule has 0 saturated heterocycles. The zero-order valence-electron chi connectivity index (χ0n) is 15.5. The summed E-state index contributed by atoms with van der Waals surface area (Å²) in [5.41, 5.74) is 12.5. The molecule has 0 saturated carbocycles. The number of aryl methyl sites for hydroxylation is 1. The highest BCUT2D eigenvalue weighted by atomic mass is 16.1. The highest BCUT2D eigenvalue weighted by Crippen LogP contribution is 2.36. The maximum atomic E-state index is 11.2. The van der Waals surface area contributed by atoms with Crippen molar-refractivity contribution in [3.63, 3.8) is 0 Å². The van der Waals surface area contributed by atoms with Crippen LogP contribution in [0.25, 0.3) is 22.4 Å². The Labute approximate surface area is 158 Å². The minimum atomic E-state index is -0.133. The lowest BCUT2D eigenvalue weighted by molar-refractivity contribution is -0.114.